The number of phenols is 1. The minimum Gasteiger partial charge on any atom is -0.508 e. The maximum Gasteiger partial charge on any atom is 0.253 e. The summed E-state index contributed by atoms with van der Waals surface area (Å²) in [4.78, 5) is 20.3. The van der Waals surface area contributed by atoms with E-state index in [1.807, 2.05) is 35.2 Å². The van der Waals surface area contributed by atoms with E-state index < -0.39 is 0 Å². The Hall–Kier alpha value is -2.63. The van der Waals surface area contributed by atoms with E-state index in [0.29, 0.717) is 29.9 Å². The van der Waals surface area contributed by atoms with Crippen LogP contribution in [0.4, 0.5) is 0 Å². The van der Waals surface area contributed by atoms with Crippen LogP contribution >= 0.6 is 0 Å². The Kier molecular flexibility index (Phi) is 7.49. The molecular formula is C31H41N3O2. The highest BCUT2D eigenvalue weighted by atomic mass is 16.3. The second-order valence-corrected chi connectivity index (χ2v) is 11.0. The lowest BCUT2D eigenvalue weighted by atomic mass is 9.79. The monoisotopic (exact) mass is 487 g/mol. The van der Waals surface area contributed by atoms with Crippen molar-refractivity contribution in [1.29, 1.82) is 0 Å². The normalized spacial score (nSPS) is 28.0. The van der Waals surface area contributed by atoms with Gasteiger partial charge in [-0.15, -0.1) is 6.58 Å². The van der Waals surface area contributed by atoms with Gasteiger partial charge in [-0.2, -0.15) is 0 Å². The SMILES string of the molecule is C=CCN1C(C)CCC2C1CCC(C)N2C(c1ccc(C(=O)N2CCCC2)cc1)c1cccc(O)c1. The van der Waals surface area contributed by atoms with Gasteiger partial charge in [0.15, 0.2) is 0 Å². The maximum atomic E-state index is 13.0. The zero-order valence-electron chi connectivity index (χ0n) is 21.9. The fourth-order valence-corrected chi connectivity index (χ4v) is 6.96. The number of rotatable bonds is 6. The Balaban J connectivity index is 1.52. The van der Waals surface area contributed by atoms with Crippen LogP contribution in [0.5, 0.6) is 5.75 Å². The number of aromatic hydroxyl groups is 1. The van der Waals surface area contributed by atoms with Crippen molar-refractivity contribution < 1.29 is 9.90 Å². The van der Waals surface area contributed by atoms with Crippen LogP contribution in [0.1, 0.15) is 79.9 Å². The number of hydrogen-bond donors (Lipinski definition) is 1. The van der Waals surface area contributed by atoms with Crippen LogP contribution in [0.15, 0.2) is 61.2 Å². The van der Waals surface area contributed by atoms with Gasteiger partial charge in [0, 0.05) is 49.4 Å². The molecule has 0 bridgehead atoms. The van der Waals surface area contributed by atoms with Crippen LogP contribution in [0.2, 0.25) is 0 Å². The molecule has 0 saturated carbocycles. The summed E-state index contributed by atoms with van der Waals surface area (Å²) in [6.45, 7) is 11.4. The second-order valence-electron chi connectivity index (χ2n) is 11.0. The van der Waals surface area contributed by atoms with Gasteiger partial charge in [0.25, 0.3) is 5.91 Å². The molecular weight excluding hydrogens is 446 g/mol. The third-order valence-corrected chi connectivity index (χ3v) is 8.78. The van der Waals surface area contributed by atoms with Crippen molar-refractivity contribution in [2.24, 2.45) is 0 Å². The third kappa shape index (κ3) is 4.83. The van der Waals surface area contributed by atoms with Crippen LogP contribution in [0, 0.1) is 0 Å². The van der Waals surface area contributed by atoms with Crippen LogP contribution in [0.3, 0.4) is 0 Å². The van der Waals surface area contributed by atoms with Crippen LogP contribution in [-0.2, 0) is 0 Å². The van der Waals surface area contributed by atoms with Gasteiger partial charge in [0.2, 0.25) is 0 Å². The molecule has 3 fully saturated rings. The number of amides is 1. The van der Waals surface area contributed by atoms with E-state index in [1.165, 1.54) is 24.8 Å². The summed E-state index contributed by atoms with van der Waals surface area (Å²) in [5, 5.41) is 10.4. The molecule has 5 rings (SSSR count). The van der Waals surface area contributed by atoms with Crippen molar-refractivity contribution in [3.8, 4) is 5.75 Å². The lowest BCUT2D eigenvalue weighted by Crippen LogP contribution is -2.63. The molecule has 1 N–H and O–H groups in total. The first-order valence-corrected chi connectivity index (χ1v) is 13.8. The summed E-state index contributed by atoms with van der Waals surface area (Å²) in [5.41, 5.74) is 3.05. The van der Waals surface area contributed by atoms with E-state index in [-0.39, 0.29) is 11.9 Å². The molecule has 5 heteroatoms. The number of phenolic OH excluding ortho intramolecular Hbond substituents is 1. The highest BCUT2D eigenvalue weighted by molar-refractivity contribution is 5.94. The average Bonchev–Trinajstić information content (AvgIpc) is 3.42. The predicted molar refractivity (Wildman–Crippen MR) is 145 cm³/mol. The van der Waals surface area contributed by atoms with Crippen molar-refractivity contribution in [2.75, 3.05) is 19.6 Å². The highest BCUT2D eigenvalue weighted by Crippen LogP contribution is 2.43. The molecule has 1 amide bonds. The van der Waals surface area contributed by atoms with Crippen LogP contribution < -0.4 is 0 Å². The summed E-state index contributed by atoms with van der Waals surface area (Å²) < 4.78 is 0. The Labute approximate surface area is 216 Å². The molecule has 0 radical (unpaired) electrons. The van der Waals surface area contributed by atoms with Gasteiger partial charge in [-0.25, -0.2) is 0 Å². The standard InChI is InChI=1S/C31H41N3O2/c1-4-18-33-22(2)10-17-29-28(33)16-11-23(3)34(29)30(26-8-7-9-27(35)21-26)24-12-14-25(15-13-24)31(36)32-19-5-6-20-32/h4,7-9,12-15,21-23,28-30,35H,1,5-6,10-11,16-20H2,2-3H3. The topological polar surface area (TPSA) is 47.0 Å². The van der Waals surface area contributed by atoms with E-state index in [1.54, 1.807) is 6.07 Å². The molecule has 3 saturated heterocycles. The first-order chi connectivity index (χ1) is 17.5. The Morgan fingerprint density at radius 1 is 0.972 bits per heavy atom. The molecule has 36 heavy (non-hydrogen) atoms. The smallest absolute Gasteiger partial charge is 0.253 e. The first-order valence-electron chi connectivity index (χ1n) is 13.8. The van der Waals surface area contributed by atoms with Crippen molar-refractivity contribution in [1.82, 2.24) is 14.7 Å². The molecule has 0 aromatic heterocycles. The average molecular weight is 488 g/mol. The van der Waals surface area contributed by atoms with Crippen LogP contribution in [-0.4, -0.2) is 69.5 Å². The number of carbonyl (C=O) groups is 1. The summed E-state index contributed by atoms with van der Waals surface area (Å²) in [7, 11) is 0. The zero-order chi connectivity index (χ0) is 25.2. The van der Waals surface area contributed by atoms with Gasteiger partial charge in [-0.3, -0.25) is 14.6 Å². The fraction of sp³-hybridized carbons (Fsp3) is 0.516. The molecule has 3 aliphatic heterocycles. The number of benzene rings is 2. The summed E-state index contributed by atoms with van der Waals surface area (Å²) in [6.07, 6.45) is 8.93. The van der Waals surface area contributed by atoms with Gasteiger partial charge in [-0.1, -0.05) is 30.3 Å². The molecule has 5 nitrogen and oxygen atoms in total. The van der Waals surface area contributed by atoms with Gasteiger partial charge >= 0.3 is 0 Å². The number of fused-ring (bicyclic) bond motifs is 1. The van der Waals surface area contributed by atoms with Gasteiger partial charge in [0.05, 0.1) is 6.04 Å². The van der Waals surface area contributed by atoms with Crippen molar-refractivity contribution in [3.63, 3.8) is 0 Å². The Morgan fingerprint density at radius 3 is 2.36 bits per heavy atom. The van der Waals surface area contributed by atoms with Crippen LogP contribution in [0.25, 0.3) is 0 Å². The summed E-state index contributed by atoms with van der Waals surface area (Å²) in [5.74, 6) is 0.436. The zero-order valence-corrected chi connectivity index (χ0v) is 21.9. The van der Waals surface area contributed by atoms with E-state index in [2.05, 4.69) is 48.4 Å². The minimum absolute atomic E-state index is 0.0230. The Morgan fingerprint density at radius 2 is 1.67 bits per heavy atom. The summed E-state index contributed by atoms with van der Waals surface area (Å²) >= 11 is 0. The molecule has 3 aliphatic rings. The third-order valence-electron chi connectivity index (χ3n) is 8.78. The second kappa shape index (κ2) is 10.8. The number of carbonyl (C=O) groups excluding carboxylic acids is 1. The molecule has 5 unspecified atom stereocenters. The van der Waals surface area contributed by atoms with E-state index in [0.717, 1.165) is 50.0 Å². The van der Waals surface area contributed by atoms with Crippen molar-refractivity contribution >= 4 is 5.91 Å². The predicted octanol–water partition coefficient (Wildman–Crippen LogP) is 5.61. The molecule has 0 spiro atoms. The lowest BCUT2D eigenvalue weighted by molar-refractivity contribution is -0.0499. The van der Waals surface area contributed by atoms with Crippen molar-refractivity contribution in [3.05, 3.63) is 77.9 Å². The first kappa shape index (κ1) is 25.0. The lowest BCUT2D eigenvalue weighted by Gasteiger charge is -2.56. The Bertz CT molecular complexity index is 1060. The summed E-state index contributed by atoms with van der Waals surface area (Å²) in [6, 6.07) is 18.0. The number of nitrogens with zero attached hydrogens (tertiary/aromatic N) is 3. The van der Waals surface area contributed by atoms with E-state index in [9.17, 15) is 9.90 Å². The fourth-order valence-electron chi connectivity index (χ4n) is 6.96. The number of piperidine rings is 2. The highest BCUT2D eigenvalue weighted by Gasteiger charge is 2.45. The molecule has 2 aromatic carbocycles. The molecule has 2 aromatic rings. The van der Waals surface area contributed by atoms with Crippen molar-refractivity contribution in [2.45, 2.75) is 82.6 Å². The van der Waals surface area contributed by atoms with Gasteiger partial charge in [-0.05, 0) is 87.8 Å². The molecule has 3 heterocycles. The van der Waals surface area contributed by atoms with Gasteiger partial charge in [0.1, 0.15) is 5.75 Å². The number of likely N-dealkylation sites (tertiary alicyclic amines) is 3. The largest absolute Gasteiger partial charge is 0.508 e. The number of hydrogen-bond acceptors (Lipinski definition) is 4. The van der Waals surface area contributed by atoms with E-state index in [4.69, 9.17) is 0 Å². The quantitative estimate of drug-likeness (QED) is 0.538. The van der Waals surface area contributed by atoms with E-state index >= 15 is 0 Å². The molecule has 192 valence electrons. The molecule has 0 aliphatic carbocycles. The molecule has 5 atom stereocenters. The van der Waals surface area contributed by atoms with Gasteiger partial charge < -0.3 is 10.0 Å². The minimum atomic E-state index is 0.0230. The maximum absolute atomic E-state index is 13.0.